The van der Waals surface area contributed by atoms with Gasteiger partial charge in [-0.2, -0.15) is 0 Å². The lowest BCUT2D eigenvalue weighted by molar-refractivity contribution is -0.116. The van der Waals surface area contributed by atoms with Gasteiger partial charge in [0.25, 0.3) is 0 Å². The molecule has 8 heteroatoms. The molecule has 0 heterocycles. The van der Waals surface area contributed by atoms with Crippen molar-refractivity contribution >= 4 is 49.9 Å². The number of rotatable bonds is 7. The van der Waals surface area contributed by atoms with E-state index >= 15 is 0 Å². The van der Waals surface area contributed by atoms with Gasteiger partial charge in [0.2, 0.25) is 15.9 Å². The third kappa shape index (κ3) is 5.73. The van der Waals surface area contributed by atoms with Gasteiger partial charge in [0, 0.05) is 9.26 Å². The van der Waals surface area contributed by atoms with Gasteiger partial charge < -0.3 is 10.1 Å². The lowest BCUT2D eigenvalue weighted by Crippen LogP contribution is -2.45. The molecule has 0 saturated carbocycles. The van der Waals surface area contributed by atoms with Crippen molar-refractivity contribution < 1.29 is 17.9 Å². The normalized spacial score (nSPS) is 12.1. The van der Waals surface area contributed by atoms with Gasteiger partial charge in [-0.25, -0.2) is 8.42 Å². The highest BCUT2D eigenvalue weighted by Crippen LogP contribution is 2.27. The van der Waals surface area contributed by atoms with Crippen LogP contribution in [0.25, 0.3) is 0 Å². The largest absolute Gasteiger partial charge is 0.457 e. The molecule has 0 bridgehead atoms. The fourth-order valence-corrected chi connectivity index (χ4v) is 4.41. The smallest absolute Gasteiger partial charge is 0.247 e. The van der Waals surface area contributed by atoms with Crippen molar-refractivity contribution in [1.29, 1.82) is 0 Å². The zero-order chi connectivity index (χ0) is 21.7. The summed E-state index contributed by atoms with van der Waals surface area (Å²) >= 11 is 2.17. The maximum absolute atomic E-state index is 12.7. The summed E-state index contributed by atoms with van der Waals surface area (Å²) in [5, 5.41) is 2.76. The minimum absolute atomic E-state index is 0.378. The van der Waals surface area contributed by atoms with Crippen LogP contribution in [0.2, 0.25) is 0 Å². The summed E-state index contributed by atoms with van der Waals surface area (Å²) < 4.78 is 32.8. The molecule has 0 fully saturated rings. The van der Waals surface area contributed by atoms with Crippen LogP contribution in [0.4, 0.5) is 11.4 Å². The Morgan fingerprint density at radius 1 is 0.933 bits per heavy atom. The quantitative estimate of drug-likeness (QED) is 0.437. The third-order valence-corrected chi connectivity index (χ3v) is 6.23. The Kier molecular flexibility index (Phi) is 6.99. The zero-order valence-corrected chi connectivity index (χ0v) is 19.4. The molecule has 0 aliphatic heterocycles. The van der Waals surface area contributed by atoms with Gasteiger partial charge in [-0.05, 0) is 90.2 Å². The van der Waals surface area contributed by atoms with E-state index in [2.05, 4.69) is 27.9 Å². The molecule has 3 rings (SSSR count). The van der Waals surface area contributed by atoms with E-state index in [1.807, 2.05) is 42.5 Å². The molecule has 30 heavy (non-hydrogen) atoms. The summed E-state index contributed by atoms with van der Waals surface area (Å²) in [5.74, 6) is 0.816. The van der Waals surface area contributed by atoms with Crippen LogP contribution in [-0.4, -0.2) is 26.6 Å². The summed E-state index contributed by atoms with van der Waals surface area (Å²) in [6.07, 6.45) is 1.08. The number of halogens is 1. The van der Waals surface area contributed by atoms with E-state index in [-0.39, 0.29) is 0 Å². The molecule has 3 aromatic rings. The second kappa shape index (κ2) is 9.48. The number of ether oxygens (including phenoxy) is 1. The van der Waals surface area contributed by atoms with Crippen LogP contribution in [0.15, 0.2) is 78.9 Å². The van der Waals surface area contributed by atoms with Crippen LogP contribution in [0.3, 0.4) is 0 Å². The second-order valence-electron chi connectivity index (χ2n) is 6.64. The fourth-order valence-electron chi connectivity index (χ4n) is 2.87. The summed E-state index contributed by atoms with van der Waals surface area (Å²) in [4.78, 5) is 12.7. The van der Waals surface area contributed by atoms with Gasteiger partial charge >= 0.3 is 0 Å². The highest BCUT2D eigenvalue weighted by molar-refractivity contribution is 14.1. The van der Waals surface area contributed by atoms with Gasteiger partial charge in [-0.15, -0.1) is 0 Å². The van der Waals surface area contributed by atoms with Gasteiger partial charge in [-0.1, -0.05) is 18.2 Å². The first-order chi connectivity index (χ1) is 14.2. The number of hydrogen-bond acceptors (Lipinski definition) is 4. The van der Waals surface area contributed by atoms with Crippen molar-refractivity contribution in [2.24, 2.45) is 0 Å². The Hall–Kier alpha value is -2.59. The van der Waals surface area contributed by atoms with E-state index in [0.717, 1.165) is 14.1 Å². The van der Waals surface area contributed by atoms with Crippen LogP contribution >= 0.6 is 22.6 Å². The number of amides is 1. The molecule has 1 N–H and O–H groups in total. The lowest BCUT2D eigenvalue weighted by Gasteiger charge is -2.28. The molecule has 1 amide bonds. The number of para-hydroxylation sites is 1. The number of anilines is 2. The Morgan fingerprint density at radius 2 is 1.50 bits per heavy atom. The number of carbonyl (C=O) groups excluding carboxylic acids is 1. The Morgan fingerprint density at radius 3 is 2.07 bits per heavy atom. The molecule has 0 unspecified atom stereocenters. The first kappa shape index (κ1) is 22.1. The van der Waals surface area contributed by atoms with Gasteiger partial charge in [0.05, 0.1) is 11.9 Å². The van der Waals surface area contributed by atoms with Crippen molar-refractivity contribution in [3.05, 3.63) is 82.4 Å². The number of nitrogens with one attached hydrogen (secondary N) is 1. The minimum atomic E-state index is -3.70. The van der Waals surface area contributed by atoms with E-state index < -0.39 is 22.0 Å². The summed E-state index contributed by atoms with van der Waals surface area (Å²) in [7, 11) is -3.70. The number of benzene rings is 3. The summed E-state index contributed by atoms with van der Waals surface area (Å²) in [5.41, 5.74) is 0.982. The maximum atomic E-state index is 12.7. The van der Waals surface area contributed by atoms with E-state index in [9.17, 15) is 13.2 Å². The average molecular weight is 536 g/mol. The predicted octanol–water partition coefficient (Wildman–Crippen LogP) is 4.88. The van der Waals surface area contributed by atoms with Crippen molar-refractivity contribution in [3.8, 4) is 11.5 Å². The monoisotopic (exact) mass is 536 g/mol. The molecule has 0 aliphatic carbocycles. The minimum Gasteiger partial charge on any atom is -0.457 e. The van der Waals surface area contributed by atoms with Crippen molar-refractivity contribution in [2.45, 2.75) is 13.0 Å². The molecule has 6 nitrogen and oxygen atoms in total. The first-order valence-corrected chi connectivity index (χ1v) is 12.1. The SMILES string of the molecule is C[C@@H](C(=O)Nc1ccc(I)cc1)N(c1ccc(Oc2ccccc2)cc1)S(C)(=O)=O. The standard InChI is InChI=1S/C22H21IN2O4S/c1-16(22(26)24-18-10-8-17(23)9-11-18)25(30(2,27)28)19-12-14-21(15-13-19)29-20-6-4-3-5-7-20/h3-16H,1-2H3,(H,24,26)/t16-/m0/s1. The first-order valence-electron chi connectivity index (χ1n) is 9.13. The molecule has 0 radical (unpaired) electrons. The molecule has 0 aromatic heterocycles. The van der Waals surface area contributed by atoms with Gasteiger partial charge in [0.15, 0.2) is 0 Å². The van der Waals surface area contributed by atoms with Crippen LogP contribution in [0.1, 0.15) is 6.92 Å². The topological polar surface area (TPSA) is 75.7 Å². The van der Waals surface area contributed by atoms with E-state index in [1.54, 1.807) is 43.3 Å². The molecular formula is C22H21IN2O4S. The average Bonchev–Trinajstić information content (AvgIpc) is 2.71. The number of hydrogen-bond donors (Lipinski definition) is 1. The molecule has 3 aromatic carbocycles. The number of carbonyl (C=O) groups is 1. The molecule has 156 valence electrons. The maximum Gasteiger partial charge on any atom is 0.247 e. The van der Waals surface area contributed by atoms with Crippen LogP contribution < -0.4 is 14.4 Å². The van der Waals surface area contributed by atoms with Crippen molar-refractivity contribution in [3.63, 3.8) is 0 Å². The molecule has 0 aliphatic rings. The Bertz CT molecular complexity index is 1100. The van der Waals surface area contributed by atoms with E-state index in [1.165, 1.54) is 0 Å². The second-order valence-corrected chi connectivity index (χ2v) is 9.75. The molecule has 1 atom stereocenters. The lowest BCUT2D eigenvalue weighted by atomic mass is 10.2. The zero-order valence-electron chi connectivity index (χ0n) is 16.4. The molecule has 0 spiro atoms. The Labute approximate surface area is 190 Å². The van der Waals surface area contributed by atoms with Crippen LogP contribution in [0.5, 0.6) is 11.5 Å². The number of nitrogens with zero attached hydrogens (tertiary/aromatic N) is 1. The van der Waals surface area contributed by atoms with E-state index in [4.69, 9.17) is 4.74 Å². The summed E-state index contributed by atoms with van der Waals surface area (Å²) in [6.45, 7) is 1.55. The fraction of sp³-hybridized carbons (Fsp3) is 0.136. The van der Waals surface area contributed by atoms with E-state index in [0.29, 0.717) is 22.9 Å². The number of sulfonamides is 1. The molecule has 0 saturated heterocycles. The molecular weight excluding hydrogens is 515 g/mol. The van der Waals surface area contributed by atoms with Crippen molar-refractivity contribution in [2.75, 3.05) is 15.9 Å². The third-order valence-electron chi connectivity index (χ3n) is 4.27. The van der Waals surface area contributed by atoms with Crippen molar-refractivity contribution in [1.82, 2.24) is 0 Å². The van der Waals surface area contributed by atoms with Crippen LogP contribution in [0, 0.1) is 3.57 Å². The predicted molar refractivity (Wildman–Crippen MR) is 128 cm³/mol. The van der Waals surface area contributed by atoms with Crippen LogP contribution in [-0.2, 0) is 14.8 Å². The highest BCUT2D eigenvalue weighted by atomic mass is 127. The highest BCUT2D eigenvalue weighted by Gasteiger charge is 2.29. The van der Waals surface area contributed by atoms with Gasteiger partial charge in [0.1, 0.15) is 17.5 Å². The van der Waals surface area contributed by atoms with Gasteiger partial charge in [-0.3, -0.25) is 9.10 Å². The summed E-state index contributed by atoms with van der Waals surface area (Å²) in [6, 6.07) is 22.2. The Balaban J connectivity index is 1.79.